The zero-order chi connectivity index (χ0) is 18.7. The zero-order valence-electron chi connectivity index (χ0n) is 14.7. The van der Waals surface area contributed by atoms with Crippen LogP contribution in [-0.4, -0.2) is 19.1 Å². The summed E-state index contributed by atoms with van der Waals surface area (Å²) in [6.07, 6.45) is 10.8. The lowest BCUT2D eigenvalue weighted by Gasteiger charge is -2.52. The zero-order valence-corrected chi connectivity index (χ0v) is 15.6. The summed E-state index contributed by atoms with van der Waals surface area (Å²) in [6.45, 7) is 2.14. The molecule has 0 aromatic heterocycles. The van der Waals surface area contributed by atoms with Gasteiger partial charge in [0.1, 0.15) is 11.4 Å². The van der Waals surface area contributed by atoms with Crippen LogP contribution in [0.1, 0.15) is 56.1 Å². The molecule has 0 radical (unpaired) electrons. The van der Waals surface area contributed by atoms with E-state index in [9.17, 15) is 17.4 Å². The van der Waals surface area contributed by atoms with Gasteiger partial charge in [-0.2, -0.15) is 8.42 Å². The third kappa shape index (κ3) is 2.56. The maximum absolute atomic E-state index is 12.8. The van der Waals surface area contributed by atoms with Crippen LogP contribution in [0, 0.1) is 29.6 Å². The van der Waals surface area contributed by atoms with Crippen LogP contribution in [0.4, 0.5) is 3.89 Å². The van der Waals surface area contributed by atoms with E-state index in [1.54, 1.807) is 6.07 Å². The Bertz CT molecular complexity index is 890. The minimum absolute atomic E-state index is 0.0212. The molecule has 1 aromatic carbocycles. The number of aliphatic hydroxyl groups is 1. The summed E-state index contributed by atoms with van der Waals surface area (Å²) >= 11 is 0. The van der Waals surface area contributed by atoms with Crippen LogP contribution in [0.25, 0.3) is 0 Å². The van der Waals surface area contributed by atoms with Crippen LogP contribution < -0.4 is 4.18 Å². The van der Waals surface area contributed by atoms with Crippen LogP contribution in [0.15, 0.2) is 18.2 Å². The fourth-order valence-electron chi connectivity index (χ4n) is 5.98. The lowest BCUT2D eigenvalue weighted by molar-refractivity contribution is -0.0646. The second-order valence-electron chi connectivity index (χ2n) is 8.25. The SMILES string of the molecule is C#CC1(O)CCC2C3CCc4cc(OS(=O)(=O)F)ccc4C3CCC21C. The highest BCUT2D eigenvalue weighted by atomic mass is 32.3. The third-order valence-corrected chi connectivity index (χ3v) is 7.68. The Morgan fingerprint density at radius 2 is 2.08 bits per heavy atom. The number of hydrogen-bond acceptors (Lipinski definition) is 4. The molecule has 2 fully saturated rings. The molecule has 1 aromatic rings. The van der Waals surface area contributed by atoms with Crippen molar-refractivity contribution in [3.05, 3.63) is 29.3 Å². The quantitative estimate of drug-likeness (QED) is 0.632. The predicted octanol–water partition coefficient (Wildman–Crippen LogP) is 3.50. The maximum atomic E-state index is 12.8. The van der Waals surface area contributed by atoms with Gasteiger partial charge in [0.2, 0.25) is 0 Å². The monoisotopic (exact) mass is 378 g/mol. The molecular weight excluding hydrogens is 355 g/mol. The van der Waals surface area contributed by atoms with Crippen LogP contribution in [0.3, 0.4) is 0 Å². The summed E-state index contributed by atoms with van der Waals surface area (Å²) in [5.41, 5.74) is 0.964. The van der Waals surface area contributed by atoms with E-state index in [0.717, 1.165) is 37.7 Å². The second-order valence-corrected chi connectivity index (χ2v) is 9.20. The van der Waals surface area contributed by atoms with Crippen LogP contribution in [-0.2, 0) is 16.9 Å². The number of terminal acetylenes is 1. The molecule has 0 aliphatic heterocycles. The maximum Gasteiger partial charge on any atom is 0.488 e. The Kier molecular flexibility index (Phi) is 3.91. The minimum Gasteiger partial charge on any atom is -0.377 e. The summed E-state index contributed by atoms with van der Waals surface area (Å²) in [5.74, 6) is 3.91. The highest BCUT2D eigenvalue weighted by Gasteiger charge is 2.61. The Labute approximate surface area is 154 Å². The molecule has 6 heteroatoms. The Morgan fingerprint density at radius 1 is 1.31 bits per heavy atom. The molecule has 5 unspecified atom stereocenters. The van der Waals surface area contributed by atoms with Gasteiger partial charge in [0, 0.05) is 5.41 Å². The van der Waals surface area contributed by atoms with Gasteiger partial charge in [-0.25, -0.2) is 0 Å². The normalized spacial score (nSPS) is 38.6. The molecule has 0 amide bonds. The smallest absolute Gasteiger partial charge is 0.377 e. The minimum atomic E-state index is -5.01. The number of aryl methyl sites for hydroxylation is 1. The van der Waals surface area contributed by atoms with Gasteiger partial charge in [-0.15, -0.1) is 6.42 Å². The van der Waals surface area contributed by atoms with E-state index in [1.807, 2.05) is 6.07 Å². The molecule has 1 N–H and O–H groups in total. The molecule has 4 nitrogen and oxygen atoms in total. The predicted molar refractivity (Wildman–Crippen MR) is 95.5 cm³/mol. The van der Waals surface area contributed by atoms with Crippen molar-refractivity contribution in [3.8, 4) is 18.1 Å². The summed E-state index contributed by atoms with van der Waals surface area (Å²) < 4.78 is 38.6. The molecule has 26 heavy (non-hydrogen) atoms. The van der Waals surface area contributed by atoms with E-state index in [2.05, 4.69) is 17.0 Å². The highest BCUT2D eigenvalue weighted by molar-refractivity contribution is 7.81. The first-order valence-electron chi connectivity index (χ1n) is 9.14. The van der Waals surface area contributed by atoms with Crippen LogP contribution >= 0.6 is 0 Å². The van der Waals surface area contributed by atoms with Gasteiger partial charge >= 0.3 is 10.5 Å². The first-order valence-corrected chi connectivity index (χ1v) is 10.4. The molecule has 5 atom stereocenters. The van der Waals surface area contributed by atoms with Gasteiger partial charge in [0.05, 0.1) is 0 Å². The summed E-state index contributed by atoms with van der Waals surface area (Å²) in [7, 11) is -5.01. The van der Waals surface area contributed by atoms with Crippen molar-refractivity contribution < 1.29 is 21.6 Å². The molecule has 3 aliphatic rings. The second kappa shape index (κ2) is 5.71. The van der Waals surface area contributed by atoms with Crippen molar-refractivity contribution >= 4 is 10.5 Å². The van der Waals surface area contributed by atoms with Crippen molar-refractivity contribution in [3.63, 3.8) is 0 Å². The lowest BCUT2D eigenvalue weighted by atomic mass is 9.53. The van der Waals surface area contributed by atoms with Crippen LogP contribution in [0.5, 0.6) is 5.75 Å². The molecule has 0 heterocycles. The lowest BCUT2D eigenvalue weighted by Crippen LogP contribution is -2.50. The van der Waals surface area contributed by atoms with E-state index in [1.165, 1.54) is 11.6 Å². The number of benzene rings is 1. The molecule has 0 bridgehead atoms. The Balaban J connectivity index is 1.65. The Hall–Kier alpha value is -1.58. The summed E-state index contributed by atoms with van der Waals surface area (Å²) in [5, 5.41) is 10.9. The van der Waals surface area contributed by atoms with E-state index >= 15 is 0 Å². The van der Waals surface area contributed by atoms with E-state index < -0.39 is 16.1 Å². The van der Waals surface area contributed by atoms with Crippen molar-refractivity contribution in [1.29, 1.82) is 0 Å². The van der Waals surface area contributed by atoms with Gasteiger partial charge in [-0.1, -0.05) is 22.8 Å². The summed E-state index contributed by atoms with van der Waals surface area (Å²) in [6, 6.07) is 5.04. The number of rotatable bonds is 2. The Morgan fingerprint density at radius 3 is 2.77 bits per heavy atom. The largest absolute Gasteiger partial charge is 0.488 e. The van der Waals surface area contributed by atoms with E-state index in [-0.39, 0.29) is 11.2 Å². The van der Waals surface area contributed by atoms with Gasteiger partial charge in [-0.3, -0.25) is 0 Å². The third-order valence-electron chi connectivity index (χ3n) is 7.28. The summed E-state index contributed by atoms with van der Waals surface area (Å²) in [4.78, 5) is 0. The molecule has 3 aliphatic carbocycles. The molecule has 140 valence electrons. The molecular formula is C20H23FO4S. The topological polar surface area (TPSA) is 63.6 Å². The molecule has 2 saturated carbocycles. The van der Waals surface area contributed by atoms with Crippen molar-refractivity contribution in [2.45, 2.75) is 57.0 Å². The van der Waals surface area contributed by atoms with Gasteiger partial charge in [0.15, 0.2) is 0 Å². The van der Waals surface area contributed by atoms with E-state index in [4.69, 9.17) is 6.42 Å². The average molecular weight is 378 g/mol. The van der Waals surface area contributed by atoms with Gasteiger partial charge in [0.25, 0.3) is 0 Å². The number of halogens is 1. The van der Waals surface area contributed by atoms with Crippen molar-refractivity contribution in [1.82, 2.24) is 0 Å². The molecule has 0 spiro atoms. The highest BCUT2D eigenvalue weighted by Crippen LogP contribution is 2.64. The van der Waals surface area contributed by atoms with Crippen molar-refractivity contribution in [2.24, 2.45) is 17.3 Å². The molecule has 0 saturated heterocycles. The standard InChI is InChI=1S/C20H23FO4S/c1-3-20(22)11-9-18-17-6-4-13-12-14(25-26(21,23)24)5-7-15(13)16(17)8-10-19(18,20)2/h1,5,7,12,16-18,22H,4,6,8-11H2,2H3. The van der Waals surface area contributed by atoms with Gasteiger partial charge < -0.3 is 9.29 Å². The first-order chi connectivity index (χ1) is 12.2. The van der Waals surface area contributed by atoms with Crippen molar-refractivity contribution in [2.75, 3.05) is 0 Å². The number of fused-ring (bicyclic) bond motifs is 5. The fraction of sp³-hybridized carbons (Fsp3) is 0.600. The average Bonchev–Trinajstić information content (AvgIpc) is 2.85. The number of hydrogen-bond donors (Lipinski definition) is 1. The van der Waals surface area contributed by atoms with E-state index in [0.29, 0.717) is 24.2 Å². The molecule has 4 rings (SSSR count). The van der Waals surface area contributed by atoms with Gasteiger partial charge in [-0.05, 0) is 79.5 Å². The first kappa shape index (κ1) is 17.8. The van der Waals surface area contributed by atoms with Crippen LogP contribution in [0.2, 0.25) is 0 Å². The fourth-order valence-corrected chi connectivity index (χ4v) is 6.31.